The van der Waals surface area contributed by atoms with Crippen LogP contribution in [-0.2, 0) is 0 Å². The summed E-state index contributed by atoms with van der Waals surface area (Å²) in [5, 5.41) is 14.6. The van der Waals surface area contributed by atoms with Gasteiger partial charge < -0.3 is 10.5 Å². The van der Waals surface area contributed by atoms with Gasteiger partial charge in [0.05, 0.1) is 15.6 Å². The number of benzene rings is 1. The van der Waals surface area contributed by atoms with E-state index in [2.05, 4.69) is 10.5 Å². The van der Waals surface area contributed by atoms with E-state index in [-0.39, 0.29) is 5.91 Å². The van der Waals surface area contributed by atoms with Crippen molar-refractivity contribution in [2.24, 2.45) is 5.16 Å². The van der Waals surface area contributed by atoms with Crippen LogP contribution in [0.3, 0.4) is 0 Å². The minimum Gasteiger partial charge on any atom is -0.411 e. The molecule has 0 atom stereocenters. The number of thiophene rings is 1. The van der Waals surface area contributed by atoms with E-state index in [1.54, 1.807) is 31.2 Å². The van der Waals surface area contributed by atoms with Gasteiger partial charge in [0.1, 0.15) is 4.34 Å². The van der Waals surface area contributed by atoms with Crippen LogP contribution in [0.5, 0.6) is 0 Å². The van der Waals surface area contributed by atoms with Crippen LogP contribution in [0, 0.1) is 0 Å². The summed E-state index contributed by atoms with van der Waals surface area (Å²) in [4.78, 5) is 12.1. The summed E-state index contributed by atoms with van der Waals surface area (Å²) in [5.74, 6) is -0.339. The first kappa shape index (κ1) is 14.8. The normalized spacial score (nSPS) is 11.4. The fraction of sp³-hybridized carbons (Fsp3) is 0.0769. The summed E-state index contributed by atoms with van der Waals surface area (Å²) >= 11 is 12.9. The molecule has 4 nitrogen and oxygen atoms in total. The fourth-order valence-electron chi connectivity index (χ4n) is 1.57. The van der Waals surface area contributed by atoms with Gasteiger partial charge in [-0.25, -0.2) is 0 Å². The summed E-state index contributed by atoms with van der Waals surface area (Å²) < 4.78 is 0.800. The van der Waals surface area contributed by atoms with E-state index in [1.165, 1.54) is 6.07 Å². The summed E-state index contributed by atoms with van der Waals surface area (Å²) in [6, 6.07) is 8.48. The molecule has 104 valence electrons. The number of nitrogens with zero attached hydrogens (tertiary/aromatic N) is 1. The second-order valence-corrected chi connectivity index (χ2v) is 6.24. The van der Waals surface area contributed by atoms with Crippen LogP contribution in [-0.4, -0.2) is 16.8 Å². The fourth-order valence-corrected chi connectivity index (χ4v) is 3.03. The first-order chi connectivity index (χ1) is 9.51. The molecule has 1 amide bonds. The number of anilines is 1. The number of hydrogen-bond acceptors (Lipinski definition) is 4. The summed E-state index contributed by atoms with van der Waals surface area (Å²) in [6.07, 6.45) is 0. The number of oxime groups is 1. The summed E-state index contributed by atoms with van der Waals surface area (Å²) in [7, 11) is 0. The Labute approximate surface area is 129 Å². The molecular formula is C13H10Cl2N2O2S. The molecule has 0 aliphatic carbocycles. The number of nitrogens with one attached hydrogen (secondary N) is 1. The molecule has 2 aromatic rings. The first-order valence-electron chi connectivity index (χ1n) is 5.56. The van der Waals surface area contributed by atoms with Gasteiger partial charge in [-0.1, -0.05) is 40.5 Å². The molecule has 0 aliphatic heterocycles. The third kappa shape index (κ3) is 3.30. The first-order valence-corrected chi connectivity index (χ1v) is 7.14. The van der Waals surface area contributed by atoms with E-state index < -0.39 is 0 Å². The average Bonchev–Trinajstić information content (AvgIpc) is 2.77. The number of carbonyl (C=O) groups excluding carboxylic acids is 1. The van der Waals surface area contributed by atoms with Crippen molar-refractivity contribution in [1.82, 2.24) is 0 Å². The Balaban J connectivity index is 2.22. The van der Waals surface area contributed by atoms with Crippen molar-refractivity contribution in [2.45, 2.75) is 6.92 Å². The van der Waals surface area contributed by atoms with Gasteiger partial charge in [0.25, 0.3) is 5.91 Å². The molecule has 0 saturated heterocycles. The number of rotatable bonds is 3. The van der Waals surface area contributed by atoms with Gasteiger partial charge in [-0.05, 0) is 25.1 Å². The molecule has 1 aromatic carbocycles. The second-order valence-electron chi connectivity index (χ2n) is 3.96. The Morgan fingerprint density at radius 2 is 2.10 bits per heavy atom. The minimum absolute atomic E-state index is 0.333. The lowest BCUT2D eigenvalue weighted by Gasteiger charge is -2.06. The van der Waals surface area contributed by atoms with Gasteiger partial charge in [-0.2, -0.15) is 0 Å². The lowest BCUT2D eigenvalue weighted by Crippen LogP contribution is -2.11. The van der Waals surface area contributed by atoms with E-state index in [9.17, 15) is 4.79 Å². The SMILES string of the molecule is C/C(=N/O)c1cccc(NC(=O)c2cc(Cl)sc2Cl)c1. The molecule has 0 spiro atoms. The molecule has 0 radical (unpaired) electrons. The predicted octanol–water partition coefficient (Wildman–Crippen LogP) is 4.51. The lowest BCUT2D eigenvalue weighted by atomic mass is 10.1. The molecule has 0 saturated carbocycles. The quantitative estimate of drug-likeness (QED) is 0.494. The van der Waals surface area contributed by atoms with E-state index in [0.29, 0.717) is 31.2 Å². The maximum atomic E-state index is 12.1. The topological polar surface area (TPSA) is 61.7 Å². The van der Waals surface area contributed by atoms with Gasteiger partial charge in [-0.15, -0.1) is 11.3 Å². The van der Waals surface area contributed by atoms with Gasteiger partial charge in [-0.3, -0.25) is 4.79 Å². The average molecular weight is 329 g/mol. The highest BCUT2D eigenvalue weighted by Gasteiger charge is 2.14. The molecule has 1 aromatic heterocycles. The molecule has 0 aliphatic rings. The van der Waals surface area contributed by atoms with Gasteiger partial charge in [0, 0.05) is 11.3 Å². The van der Waals surface area contributed by atoms with Crippen LogP contribution < -0.4 is 5.32 Å². The lowest BCUT2D eigenvalue weighted by molar-refractivity contribution is 0.102. The minimum atomic E-state index is -0.339. The molecule has 2 N–H and O–H groups in total. The monoisotopic (exact) mass is 328 g/mol. The largest absolute Gasteiger partial charge is 0.411 e. The Bertz CT molecular complexity index is 683. The Morgan fingerprint density at radius 3 is 2.70 bits per heavy atom. The van der Waals surface area contributed by atoms with Gasteiger partial charge in [0.15, 0.2) is 0 Å². The molecule has 1 heterocycles. The van der Waals surface area contributed by atoms with Crippen molar-refractivity contribution >= 4 is 51.8 Å². The van der Waals surface area contributed by atoms with Crippen LogP contribution in [0.15, 0.2) is 35.5 Å². The Kier molecular flexibility index (Phi) is 4.65. The van der Waals surface area contributed by atoms with E-state index in [4.69, 9.17) is 28.4 Å². The van der Waals surface area contributed by atoms with Crippen molar-refractivity contribution < 1.29 is 10.0 Å². The molecule has 0 unspecified atom stereocenters. The van der Waals surface area contributed by atoms with E-state index in [0.717, 1.165) is 11.3 Å². The number of hydrogen-bond donors (Lipinski definition) is 2. The predicted molar refractivity (Wildman–Crippen MR) is 82.7 cm³/mol. The van der Waals surface area contributed by atoms with Crippen LogP contribution in [0.4, 0.5) is 5.69 Å². The number of carbonyl (C=O) groups is 1. The highest BCUT2D eigenvalue weighted by Crippen LogP contribution is 2.31. The van der Waals surface area contributed by atoms with Crippen molar-refractivity contribution in [2.75, 3.05) is 5.32 Å². The highest BCUT2D eigenvalue weighted by atomic mass is 35.5. The molecule has 0 fully saturated rings. The zero-order valence-corrected chi connectivity index (χ0v) is 12.7. The summed E-state index contributed by atoms with van der Waals surface area (Å²) in [6.45, 7) is 1.66. The number of amides is 1. The van der Waals surface area contributed by atoms with Crippen molar-refractivity contribution in [3.05, 3.63) is 50.1 Å². The third-order valence-corrected chi connectivity index (χ3v) is 4.08. The number of halogens is 2. The van der Waals surface area contributed by atoms with Crippen LogP contribution >= 0.6 is 34.5 Å². The smallest absolute Gasteiger partial charge is 0.258 e. The van der Waals surface area contributed by atoms with Gasteiger partial charge in [0.2, 0.25) is 0 Å². The van der Waals surface area contributed by atoms with Crippen LogP contribution in [0.1, 0.15) is 22.8 Å². The van der Waals surface area contributed by atoms with Crippen molar-refractivity contribution in [1.29, 1.82) is 0 Å². The summed E-state index contributed by atoms with van der Waals surface area (Å²) in [5.41, 5.74) is 2.07. The Morgan fingerprint density at radius 1 is 1.35 bits per heavy atom. The molecule has 7 heteroatoms. The maximum Gasteiger partial charge on any atom is 0.258 e. The van der Waals surface area contributed by atoms with E-state index >= 15 is 0 Å². The van der Waals surface area contributed by atoms with Gasteiger partial charge >= 0.3 is 0 Å². The van der Waals surface area contributed by atoms with Crippen LogP contribution in [0.2, 0.25) is 8.67 Å². The maximum absolute atomic E-state index is 12.1. The molecule has 20 heavy (non-hydrogen) atoms. The van der Waals surface area contributed by atoms with Crippen molar-refractivity contribution in [3.63, 3.8) is 0 Å². The zero-order valence-electron chi connectivity index (χ0n) is 10.4. The van der Waals surface area contributed by atoms with Crippen molar-refractivity contribution in [3.8, 4) is 0 Å². The molecular weight excluding hydrogens is 319 g/mol. The third-order valence-electron chi connectivity index (χ3n) is 2.59. The molecule has 0 bridgehead atoms. The van der Waals surface area contributed by atoms with Crippen LogP contribution in [0.25, 0.3) is 0 Å². The van der Waals surface area contributed by atoms with E-state index in [1.807, 2.05) is 0 Å². The second kappa shape index (κ2) is 6.26. The standard InChI is InChI=1S/C13H10Cl2N2O2S/c1-7(17-19)8-3-2-4-9(5-8)16-13(18)10-6-11(14)20-12(10)15/h2-6,19H,1H3,(H,16,18)/b17-7-. The highest BCUT2D eigenvalue weighted by molar-refractivity contribution is 7.20. The molecule has 2 rings (SSSR count). The zero-order chi connectivity index (χ0) is 14.7. The Hall–Kier alpha value is -1.56.